The molecule has 3 nitrogen and oxygen atoms in total. The Balaban J connectivity index is 1.94. The Labute approximate surface area is 130 Å². The Kier molecular flexibility index (Phi) is 5.69. The van der Waals surface area contributed by atoms with E-state index >= 15 is 0 Å². The molecule has 0 atom stereocenters. The third-order valence-corrected chi connectivity index (χ3v) is 3.78. The van der Waals surface area contributed by atoms with Crippen molar-refractivity contribution >= 4 is 29.2 Å². The Hall–Kier alpha value is -1.94. The Morgan fingerprint density at radius 3 is 2.48 bits per heavy atom. The van der Waals surface area contributed by atoms with Gasteiger partial charge in [-0.25, -0.2) is 0 Å². The van der Waals surface area contributed by atoms with Crippen LogP contribution in [0.3, 0.4) is 0 Å². The van der Waals surface area contributed by atoms with Crippen LogP contribution in [0, 0.1) is 0 Å². The number of nitrogens with one attached hydrogen (secondary N) is 2. The van der Waals surface area contributed by atoms with Gasteiger partial charge >= 0.3 is 0 Å². The van der Waals surface area contributed by atoms with Crippen LogP contribution < -0.4 is 10.0 Å². The molecular formula is C17H20N2OS. The van der Waals surface area contributed by atoms with E-state index in [-0.39, 0.29) is 5.91 Å². The summed E-state index contributed by atoms with van der Waals surface area (Å²) in [6, 6.07) is 16.3. The van der Waals surface area contributed by atoms with E-state index in [0.29, 0.717) is 0 Å². The van der Waals surface area contributed by atoms with E-state index in [9.17, 15) is 4.79 Å². The van der Waals surface area contributed by atoms with E-state index in [1.165, 1.54) is 23.8 Å². The summed E-state index contributed by atoms with van der Waals surface area (Å²) in [5.41, 5.74) is 3.13. The zero-order valence-corrected chi connectivity index (χ0v) is 13.2. The van der Waals surface area contributed by atoms with Crippen molar-refractivity contribution in [1.82, 2.24) is 0 Å². The first-order valence-electron chi connectivity index (χ1n) is 7.07. The number of anilines is 2. The molecule has 110 valence electrons. The maximum absolute atomic E-state index is 11.1. The van der Waals surface area contributed by atoms with Crippen LogP contribution in [0.2, 0.25) is 0 Å². The van der Waals surface area contributed by atoms with Gasteiger partial charge in [-0.3, -0.25) is 4.79 Å². The molecule has 0 saturated heterocycles. The third kappa shape index (κ3) is 5.16. The summed E-state index contributed by atoms with van der Waals surface area (Å²) in [4.78, 5) is 12.2. The normalized spacial score (nSPS) is 10.2. The molecule has 0 aliphatic rings. The van der Waals surface area contributed by atoms with E-state index in [4.69, 9.17) is 0 Å². The lowest BCUT2D eigenvalue weighted by atomic mass is 10.1. The average molecular weight is 300 g/mol. The molecule has 0 saturated carbocycles. The fourth-order valence-electron chi connectivity index (χ4n) is 1.99. The summed E-state index contributed by atoms with van der Waals surface area (Å²) in [6.45, 7) is 3.69. The van der Waals surface area contributed by atoms with Gasteiger partial charge in [-0.05, 0) is 54.3 Å². The molecule has 0 radical (unpaired) electrons. The van der Waals surface area contributed by atoms with Crippen LogP contribution in [0.5, 0.6) is 0 Å². The smallest absolute Gasteiger partial charge is 0.221 e. The number of benzene rings is 2. The molecule has 4 heteroatoms. The Morgan fingerprint density at radius 2 is 1.81 bits per heavy atom. The fraction of sp³-hybridized carbons (Fsp3) is 0.235. The minimum Gasteiger partial charge on any atom is -0.326 e. The molecule has 0 aliphatic carbocycles. The van der Waals surface area contributed by atoms with E-state index in [1.807, 2.05) is 24.3 Å². The molecule has 2 rings (SSSR count). The summed E-state index contributed by atoms with van der Waals surface area (Å²) in [7, 11) is 0. The Morgan fingerprint density at radius 1 is 1.10 bits per heavy atom. The van der Waals surface area contributed by atoms with Crippen molar-refractivity contribution in [2.75, 3.05) is 10.0 Å². The minimum absolute atomic E-state index is 0.0636. The van der Waals surface area contributed by atoms with Gasteiger partial charge < -0.3 is 10.0 Å². The maximum atomic E-state index is 11.1. The van der Waals surface area contributed by atoms with Gasteiger partial charge in [0.1, 0.15) is 0 Å². The second-order valence-electron chi connectivity index (χ2n) is 4.86. The maximum Gasteiger partial charge on any atom is 0.221 e. The zero-order valence-electron chi connectivity index (χ0n) is 12.3. The van der Waals surface area contributed by atoms with Crippen LogP contribution >= 0.6 is 11.9 Å². The second kappa shape index (κ2) is 7.74. The predicted molar refractivity (Wildman–Crippen MR) is 90.7 cm³/mol. The molecule has 1 amide bonds. The van der Waals surface area contributed by atoms with Gasteiger partial charge in [-0.15, -0.1) is 0 Å². The molecule has 2 aromatic rings. The Bertz CT molecular complexity index is 596. The number of carbonyl (C=O) groups excluding carboxylic acids is 1. The fourth-order valence-corrected chi connectivity index (χ4v) is 2.63. The quantitative estimate of drug-likeness (QED) is 0.759. The van der Waals surface area contributed by atoms with Crippen molar-refractivity contribution in [2.45, 2.75) is 31.6 Å². The molecule has 0 bridgehead atoms. The molecule has 2 N–H and O–H groups in total. The molecule has 0 spiro atoms. The number of amides is 1. The monoisotopic (exact) mass is 300 g/mol. The molecular weight excluding hydrogens is 280 g/mol. The van der Waals surface area contributed by atoms with E-state index in [0.717, 1.165) is 17.8 Å². The summed E-state index contributed by atoms with van der Waals surface area (Å²) in [6.07, 6.45) is 2.29. The lowest BCUT2D eigenvalue weighted by Gasteiger charge is -2.08. The molecule has 0 unspecified atom stereocenters. The van der Waals surface area contributed by atoms with Gasteiger partial charge in [-0.1, -0.05) is 31.5 Å². The molecule has 2 aromatic carbocycles. The van der Waals surface area contributed by atoms with Crippen LogP contribution in [0.4, 0.5) is 11.4 Å². The van der Waals surface area contributed by atoms with Crippen molar-refractivity contribution < 1.29 is 4.79 Å². The number of rotatable bonds is 6. The summed E-state index contributed by atoms with van der Waals surface area (Å²) in [5, 5.41) is 2.78. The number of aryl methyl sites for hydroxylation is 1. The first-order valence-corrected chi connectivity index (χ1v) is 7.88. The molecule has 0 fully saturated rings. The standard InChI is InChI=1S/C17H20N2OS/c1-3-5-14-8-10-17(11-9-14)21-19-16-7-4-6-15(12-16)18-13(2)20/h4,6-12,19H,3,5H2,1-2H3,(H,18,20). The highest BCUT2D eigenvalue weighted by Crippen LogP contribution is 2.23. The van der Waals surface area contributed by atoms with Crippen molar-refractivity contribution in [2.24, 2.45) is 0 Å². The lowest BCUT2D eigenvalue weighted by molar-refractivity contribution is -0.114. The van der Waals surface area contributed by atoms with Crippen molar-refractivity contribution in [3.63, 3.8) is 0 Å². The van der Waals surface area contributed by atoms with Crippen molar-refractivity contribution in [3.8, 4) is 0 Å². The highest BCUT2D eigenvalue weighted by atomic mass is 32.2. The first-order chi connectivity index (χ1) is 10.2. The SMILES string of the molecule is CCCc1ccc(SNc2cccc(NC(C)=O)c2)cc1. The number of hydrogen-bond acceptors (Lipinski definition) is 3. The van der Waals surface area contributed by atoms with Gasteiger partial charge in [0.05, 0.1) is 0 Å². The zero-order chi connectivity index (χ0) is 15.1. The van der Waals surface area contributed by atoms with Gasteiger partial charge in [0, 0.05) is 23.2 Å². The van der Waals surface area contributed by atoms with Gasteiger partial charge in [0.2, 0.25) is 5.91 Å². The molecule has 0 aliphatic heterocycles. The third-order valence-electron chi connectivity index (χ3n) is 2.93. The lowest BCUT2D eigenvalue weighted by Crippen LogP contribution is -2.05. The van der Waals surface area contributed by atoms with Crippen molar-refractivity contribution in [3.05, 3.63) is 54.1 Å². The van der Waals surface area contributed by atoms with Crippen LogP contribution in [-0.2, 0) is 11.2 Å². The summed E-state index contributed by atoms with van der Waals surface area (Å²) < 4.78 is 3.29. The average Bonchev–Trinajstić information content (AvgIpc) is 2.47. The van der Waals surface area contributed by atoms with Gasteiger partial charge in [0.15, 0.2) is 0 Å². The van der Waals surface area contributed by atoms with Gasteiger partial charge in [-0.2, -0.15) is 0 Å². The second-order valence-corrected chi connectivity index (χ2v) is 5.74. The topological polar surface area (TPSA) is 41.1 Å². The van der Waals surface area contributed by atoms with Crippen LogP contribution in [-0.4, -0.2) is 5.91 Å². The molecule has 0 aromatic heterocycles. The predicted octanol–water partition coefficient (Wildman–Crippen LogP) is 4.72. The van der Waals surface area contributed by atoms with E-state index in [2.05, 4.69) is 41.2 Å². The van der Waals surface area contributed by atoms with Crippen LogP contribution in [0.25, 0.3) is 0 Å². The summed E-state index contributed by atoms with van der Waals surface area (Å²) in [5.74, 6) is -0.0636. The molecule has 21 heavy (non-hydrogen) atoms. The van der Waals surface area contributed by atoms with Crippen molar-refractivity contribution in [1.29, 1.82) is 0 Å². The van der Waals surface area contributed by atoms with E-state index in [1.54, 1.807) is 11.9 Å². The minimum atomic E-state index is -0.0636. The molecule has 0 heterocycles. The van der Waals surface area contributed by atoms with Crippen LogP contribution in [0.1, 0.15) is 25.8 Å². The highest BCUT2D eigenvalue weighted by molar-refractivity contribution is 8.00. The summed E-state index contributed by atoms with van der Waals surface area (Å²) >= 11 is 1.57. The number of carbonyl (C=O) groups is 1. The number of hydrogen-bond donors (Lipinski definition) is 2. The first kappa shape index (κ1) is 15.4. The largest absolute Gasteiger partial charge is 0.326 e. The van der Waals surface area contributed by atoms with Crippen LogP contribution in [0.15, 0.2) is 53.4 Å². The highest BCUT2D eigenvalue weighted by Gasteiger charge is 1.99. The van der Waals surface area contributed by atoms with E-state index < -0.39 is 0 Å². The van der Waals surface area contributed by atoms with Gasteiger partial charge in [0.25, 0.3) is 0 Å².